The Morgan fingerprint density at radius 2 is 1.92 bits per heavy atom. The molecule has 3 aromatic heterocycles. The normalized spacial score (nSPS) is 11.3. The predicted molar refractivity (Wildman–Crippen MR) is 189 cm³/mol. The minimum Gasteiger partial charge on any atom is -0.491 e. The molecule has 256 valence electrons. The number of nitrogens with zero attached hydrogens (tertiary/aromatic N) is 5. The van der Waals surface area contributed by atoms with Gasteiger partial charge in [0.15, 0.2) is 39.2 Å². The molecule has 4 N–H and O–H groups in total. The Morgan fingerprint density at radius 3 is 2.63 bits per heavy atom. The van der Waals surface area contributed by atoms with Crippen molar-refractivity contribution < 1.29 is 33.4 Å². The number of carboxylic acid groups (broad SMARTS) is 1. The number of anilines is 4. The fourth-order valence-electron chi connectivity index (χ4n) is 4.69. The molecular formula is C33H34FN6O6PS2. The van der Waals surface area contributed by atoms with Gasteiger partial charge in [0.2, 0.25) is 0 Å². The molecule has 0 spiro atoms. The van der Waals surface area contributed by atoms with Gasteiger partial charge in [-0.1, -0.05) is 42.2 Å². The summed E-state index contributed by atoms with van der Waals surface area (Å²) in [7, 11) is -4.29. The van der Waals surface area contributed by atoms with Gasteiger partial charge in [-0.05, 0) is 74.6 Å². The van der Waals surface area contributed by atoms with E-state index in [0.29, 0.717) is 39.2 Å². The molecule has 5 aromatic rings. The van der Waals surface area contributed by atoms with Gasteiger partial charge in [0.25, 0.3) is 0 Å². The highest BCUT2D eigenvalue weighted by Crippen LogP contribution is 2.37. The number of thiazole rings is 2. The predicted octanol–water partition coefficient (Wildman–Crippen LogP) is 7.30. The van der Waals surface area contributed by atoms with Crippen molar-refractivity contribution in [3.8, 4) is 17.6 Å². The molecule has 16 heteroatoms. The number of aromatic nitrogens is 4. The molecule has 0 unspecified atom stereocenters. The van der Waals surface area contributed by atoms with Crippen molar-refractivity contribution in [2.75, 3.05) is 29.5 Å². The first-order valence-corrected chi connectivity index (χ1v) is 18.9. The largest absolute Gasteiger partial charge is 0.491 e. The number of carbonyl (C=O) groups is 1. The number of hydrogen-bond acceptors (Lipinski definition) is 11. The Morgan fingerprint density at radius 1 is 1.10 bits per heavy atom. The SMILES string of the molecule is CCCC#Cc1ccc(OCCCc2sc(N(CCCP(=O)(O)O)c3cc(C)c(Nc4nc5ccccc5s4)nn3)nc2C(=O)O)c(F)c1. The first kappa shape index (κ1) is 35.8. The van der Waals surface area contributed by atoms with Crippen molar-refractivity contribution in [3.05, 3.63) is 76.0 Å². The zero-order valence-corrected chi connectivity index (χ0v) is 29.2. The van der Waals surface area contributed by atoms with Crippen molar-refractivity contribution in [1.29, 1.82) is 0 Å². The van der Waals surface area contributed by atoms with E-state index in [0.717, 1.165) is 34.4 Å². The molecule has 0 fully saturated rings. The van der Waals surface area contributed by atoms with Gasteiger partial charge in [-0.15, -0.1) is 21.5 Å². The topological polar surface area (TPSA) is 171 Å². The molecule has 0 aliphatic heterocycles. The lowest BCUT2D eigenvalue weighted by molar-refractivity contribution is 0.0690. The van der Waals surface area contributed by atoms with Crippen molar-refractivity contribution in [1.82, 2.24) is 20.2 Å². The van der Waals surface area contributed by atoms with Crippen LogP contribution in [0.15, 0.2) is 48.5 Å². The van der Waals surface area contributed by atoms with E-state index in [2.05, 4.69) is 37.3 Å². The minimum atomic E-state index is -4.29. The highest BCUT2D eigenvalue weighted by atomic mass is 32.1. The van der Waals surface area contributed by atoms with E-state index < -0.39 is 19.4 Å². The van der Waals surface area contributed by atoms with Crippen LogP contribution < -0.4 is 15.0 Å². The van der Waals surface area contributed by atoms with Crippen LogP contribution in [0.3, 0.4) is 0 Å². The quantitative estimate of drug-likeness (QED) is 0.0483. The number of hydrogen-bond donors (Lipinski definition) is 4. The fraction of sp³-hybridized carbons (Fsp3) is 0.303. The zero-order chi connectivity index (χ0) is 35.0. The summed E-state index contributed by atoms with van der Waals surface area (Å²) in [6.45, 7) is 4.07. The maximum Gasteiger partial charge on any atom is 0.355 e. The molecule has 5 rings (SSSR count). The van der Waals surface area contributed by atoms with Crippen LogP contribution in [-0.4, -0.2) is 60.3 Å². The number of nitrogens with one attached hydrogen (secondary N) is 1. The second-order valence-electron chi connectivity index (χ2n) is 11.0. The molecular weight excluding hydrogens is 691 g/mol. The Bertz CT molecular complexity index is 2020. The Labute approximate surface area is 290 Å². The van der Waals surface area contributed by atoms with Crippen LogP contribution in [-0.2, 0) is 11.0 Å². The summed E-state index contributed by atoms with van der Waals surface area (Å²) in [5.74, 6) is 5.02. The van der Waals surface area contributed by atoms with Gasteiger partial charge in [0.05, 0.1) is 23.0 Å². The molecule has 0 aliphatic rings. The molecule has 49 heavy (non-hydrogen) atoms. The van der Waals surface area contributed by atoms with Gasteiger partial charge in [0, 0.05) is 23.4 Å². The molecule has 0 saturated heterocycles. The maximum absolute atomic E-state index is 14.6. The highest BCUT2D eigenvalue weighted by molar-refractivity contribution is 7.51. The smallest absolute Gasteiger partial charge is 0.355 e. The molecule has 0 radical (unpaired) electrons. The number of carboxylic acids is 1. The molecule has 3 heterocycles. The summed E-state index contributed by atoms with van der Waals surface area (Å²) in [6.07, 6.45) is 2.01. The molecule has 2 aromatic carbocycles. The van der Waals surface area contributed by atoms with E-state index in [1.54, 1.807) is 17.0 Å². The molecule has 0 amide bonds. The summed E-state index contributed by atoms with van der Waals surface area (Å²) in [4.78, 5) is 42.1. The van der Waals surface area contributed by atoms with Gasteiger partial charge < -0.3 is 29.8 Å². The lowest BCUT2D eigenvalue weighted by Crippen LogP contribution is -2.21. The van der Waals surface area contributed by atoms with Crippen LogP contribution in [0.2, 0.25) is 0 Å². The van der Waals surface area contributed by atoms with Gasteiger partial charge in [0.1, 0.15) is 0 Å². The van der Waals surface area contributed by atoms with Crippen LogP contribution in [0.5, 0.6) is 5.75 Å². The fourth-order valence-corrected chi connectivity index (χ4v) is 7.23. The first-order valence-electron chi connectivity index (χ1n) is 15.4. The lowest BCUT2D eigenvalue weighted by Gasteiger charge is -2.21. The first-order chi connectivity index (χ1) is 23.5. The zero-order valence-electron chi connectivity index (χ0n) is 26.7. The molecule has 12 nitrogen and oxygen atoms in total. The Balaban J connectivity index is 1.32. The van der Waals surface area contributed by atoms with Gasteiger partial charge in [-0.3, -0.25) is 4.57 Å². The van der Waals surface area contributed by atoms with Crippen LogP contribution in [0.1, 0.15) is 59.1 Å². The lowest BCUT2D eigenvalue weighted by atomic mass is 10.2. The average Bonchev–Trinajstić information content (AvgIpc) is 3.67. The third kappa shape index (κ3) is 9.81. The Hall–Kier alpha value is -4.45. The second-order valence-corrected chi connectivity index (χ2v) is 14.8. The van der Waals surface area contributed by atoms with E-state index >= 15 is 0 Å². The highest BCUT2D eigenvalue weighted by Gasteiger charge is 2.24. The van der Waals surface area contributed by atoms with Crippen LogP contribution >= 0.6 is 30.3 Å². The molecule has 0 saturated carbocycles. The van der Waals surface area contributed by atoms with E-state index in [1.165, 1.54) is 23.5 Å². The van der Waals surface area contributed by atoms with Crippen molar-refractivity contribution in [3.63, 3.8) is 0 Å². The number of ether oxygens (including phenoxy) is 1. The monoisotopic (exact) mass is 724 g/mol. The van der Waals surface area contributed by atoms with E-state index in [1.807, 2.05) is 38.1 Å². The number of rotatable bonds is 15. The van der Waals surface area contributed by atoms with Crippen molar-refractivity contribution >= 4 is 68.4 Å². The molecule has 0 bridgehead atoms. The second kappa shape index (κ2) is 16.3. The van der Waals surface area contributed by atoms with Gasteiger partial charge in [-0.25, -0.2) is 19.2 Å². The number of aromatic carboxylic acids is 1. The summed E-state index contributed by atoms with van der Waals surface area (Å²) in [5.41, 5.74) is 1.97. The summed E-state index contributed by atoms with van der Waals surface area (Å²) >= 11 is 2.60. The van der Waals surface area contributed by atoms with Crippen LogP contribution in [0.4, 0.5) is 26.3 Å². The number of benzene rings is 2. The third-order valence-electron chi connectivity index (χ3n) is 7.06. The summed E-state index contributed by atoms with van der Waals surface area (Å²) < 4.78 is 32.8. The van der Waals surface area contributed by atoms with E-state index in [-0.39, 0.29) is 48.7 Å². The maximum atomic E-state index is 14.6. The third-order valence-corrected chi connectivity index (χ3v) is 10.1. The standard InChI is InChI=1S/C33H34FN6O6PS2/c1-3-4-5-10-22-14-15-25(23(34)20-22)46-17-8-13-27-29(31(41)42)36-33(49-27)40(16-9-18-47(43,44)45)28-19-21(2)30(39-38-28)37-32-35-24-11-6-7-12-26(24)48-32/h6-7,11-12,14-15,19-20H,3-4,8-9,13,16-18H2,1-2H3,(H,41,42)(H,35,37,39)(H2,43,44,45). The number of unbranched alkanes of at least 4 members (excludes halogenated alkanes) is 1. The summed E-state index contributed by atoms with van der Waals surface area (Å²) in [5, 5.41) is 22.8. The number of halogens is 1. The number of aryl methyl sites for hydroxylation is 2. The van der Waals surface area contributed by atoms with Gasteiger partial charge >= 0.3 is 13.6 Å². The number of fused-ring (bicyclic) bond motifs is 1. The van der Waals surface area contributed by atoms with E-state index in [9.17, 15) is 28.6 Å². The Kier molecular flexibility index (Phi) is 11.9. The minimum absolute atomic E-state index is 0.0794. The van der Waals surface area contributed by atoms with Crippen molar-refractivity contribution in [2.24, 2.45) is 0 Å². The van der Waals surface area contributed by atoms with Crippen LogP contribution in [0.25, 0.3) is 10.2 Å². The van der Waals surface area contributed by atoms with Crippen LogP contribution in [0, 0.1) is 24.6 Å². The number of para-hydroxylation sites is 1. The molecule has 0 atom stereocenters. The van der Waals surface area contributed by atoms with E-state index in [4.69, 9.17) is 4.74 Å². The van der Waals surface area contributed by atoms with Crippen molar-refractivity contribution in [2.45, 2.75) is 46.0 Å². The summed E-state index contributed by atoms with van der Waals surface area (Å²) in [6, 6.07) is 14.0. The van der Waals surface area contributed by atoms with Gasteiger partial charge in [-0.2, -0.15) is 0 Å². The average molecular weight is 725 g/mol. The molecule has 0 aliphatic carbocycles.